The first kappa shape index (κ1) is 27.9. The summed E-state index contributed by atoms with van der Waals surface area (Å²) in [5.74, 6) is -2.40. The van der Waals surface area contributed by atoms with Crippen LogP contribution in [0.15, 0.2) is 47.2 Å². The van der Waals surface area contributed by atoms with Gasteiger partial charge in [-0.1, -0.05) is 58.9 Å². The number of hydrogen-bond donors (Lipinski definition) is 3. The Labute approximate surface area is 235 Å². The highest BCUT2D eigenvalue weighted by molar-refractivity contribution is 6.23. The molecule has 2 aromatic rings. The number of carbonyl (C=O) groups excluding carboxylic acids is 3. The molecule has 1 fully saturated rings. The Balaban J connectivity index is 1.80. The minimum atomic E-state index is -1.58. The number of aliphatic hydroxyl groups excluding tert-OH is 2. The average Bonchev–Trinajstić information content (AvgIpc) is 2.85. The van der Waals surface area contributed by atoms with Crippen molar-refractivity contribution in [2.75, 3.05) is 0 Å². The van der Waals surface area contributed by atoms with Gasteiger partial charge in [-0.25, -0.2) is 0 Å². The summed E-state index contributed by atoms with van der Waals surface area (Å²) >= 11 is 0. The second-order valence-electron chi connectivity index (χ2n) is 13.0. The predicted molar refractivity (Wildman–Crippen MR) is 154 cm³/mol. The third-order valence-electron chi connectivity index (χ3n) is 9.94. The standard InChI is InChI=1S/C34H38O6/c1-8-19-9-11-20(12-10-19)22-13-21(17(2)3)23-14-32(5)16-33(6)15-24(36)25(18(4)35)30(39)34(33,7)31(40)27(32)29(38)26(23)28(22)37/h9-13,17,37-39H,8,14-16H2,1-7H3/t32-,33+,34-/m1/s1. The zero-order valence-electron chi connectivity index (χ0n) is 24.4. The number of aliphatic hydroxyl groups is 2. The smallest absolute Gasteiger partial charge is 0.177 e. The van der Waals surface area contributed by atoms with Crippen LogP contribution in [0.25, 0.3) is 16.9 Å². The molecule has 3 aliphatic carbocycles. The van der Waals surface area contributed by atoms with Gasteiger partial charge in [-0.3, -0.25) is 14.4 Å². The molecular formula is C34H38O6. The molecule has 0 unspecified atom stereocenters. The lowest BCUT2D eigenvalue weighted by molar-refractivity contribution is -0.144. The van der Waals surface area contributed by atoms with E-state index in [2.05, 4.69) is 20.8 Å². The predicted octanol–water partition coefficient (Wildman–Crippen LogP) is 6.94. The van der Waals surface area contributed by atoms with Crippen LogP contribution in [0.1, 0.15) is 89.5 Å². The summed E-state index contributed by atoms with van der Waals surface area (Å²) in [5.41, 5.74) is 0.948. The number of phenolic OH excluding ortho intramolecular Hbond substituents is 1. The van der Waals surface area contributed by atoms with Crippen LogP contribution >= 0.6 is 0 Å². The van der Waals surface area contributed by atoms with Crippen LogP contribution < -0.4 is 0 Å². The number of carbonyl (C=O) groups is 3. The molecule has 0 heterocycles. The van der Waals surface area contributed by atoms with Crippen molar-refractivity contribution in [2.24, 2.45) is 16.2 Å². The highest BCUT2D eigenvalue weighted by atomic mass is 16.3. The third kappa shape index (κ3) is 3.57. The summed E-state index contributed by atoms with van der Waals surface area (Å²) in [6, 6.07) is 9.90. The molecule has 0 bridgehead atoms. The van der Waals surface area contributed by atoms with Crippen molar-refractivity contribution >= 4 is 23.1 Å². The van der Waals surface area contributed by atoms with Crippen LogP contribution in [0.2, 0.25) is 0 Å². The molecule has 0 aromatic heterocycles. The Hall–Kier alpha value is -3.67. The van der Waals surface area contributed by atoms with E-state index in [0.29, 0.717) is 18.4 Å². The topological polar surface area (TPSA) is 112 Å². The third-order valence-corrected chi connectivity index (χ3v) is 9.94. The van der Waals surface area contributed by atoms with E-state index in [0.717, 1.165) is 23.1 Å². The monoisotopic (exact) mass is 542 g/mol. The highest BCUT2D eigenvalue weighted by Gasteiger charge is 2.66. The van der Waals surface area contributed by atoms with Crippen LogP contribution in [-0.2, 0) is 27.2 Å². The fraction of sp³-hybridized carbons (Fsp3) is 0.441. The van der Waals surface area contributed by atoms with Gasteiger partial charge in [-0.2, -0.15) is 0 Å². The zero-order valence-corrected chi connectivity index (χ0v) is 24.4. The zero-order chi connectivity index (χ0) is 29.5. The van der Waals surface area contributed by atoms with E-state index in [1.807, 2.05) is 44.2 Å². The molecule has 210 valence electrons. The lowest BCUT2D eigenvalue weighted by Gasteiger charge is -2.57. The van der Waals surface area contributed by atoms with Gasteiger partial charge in [-0.05, 0) is 72.8 Å². The lowest BCUT2D eigenvalue weighted by Crippen LogP contribution is -2.59. The van der Waals surface area contributed by atoms with E-state index in [9.17, 15) is 29.7 Å². The summed E-state index contributed by atoms with van der Waals surface area (Å²) in [5, 5.41) is 34.9. The first-order valence-corrected chi connectivity index (χ1v) is 14.1. The average molecular weight is 543 g/mol. The Morgan fingerprint density at radius 2 is 1.62 bits per heavy atom. The molecule has 0 amide bonds. The molecule has 6 heteroatoms. The number of Topliss-reactive ketones (excluding diaryl/α,β-unsaturated/α-hetero) is 3. The molecule has 1 saturated carbocycles. The first-order valence-electron chi connectivity index (χ1n) is 14.1. The van der Waals surface area contributed by atoms with Gasteiger partial charge in [0, 0.05) is 23.0 Å². The van der Waals surface area contributed by atoms with Crippen LogP contribution in [-0.4, -0.2) is 32.7 Å². The van der Waals surface area contributed by atoms with Crippen LogP contribution in [0.5, 0.6) is 5.75 Å². The molecule has 2 aromatic carbocycles. The molecule has 3 atom stereocenters. The second kappa shape index (κ2) is 8.92. The molecule has 3 N–H and O–H groups in total. The first-order chi connectivity index (χ1) is 18.6. The number of allylic oxidation sites excluding steroid dienone is 3. The van der Waals surface area contributed by atoms with Crippen molar-refractivity contribution in [3.8, 4) is 16.9 Å². The number of ketones is 3. The SMILES string of the molecule is CCc1ccc(-c2cc(C(C)C)c3c(c2O)C(O)=C2C(=O)[C@@]4(C)C(O)=C(C(C)=O)C(=O)C[C@@]4(C)C[C@@]2(C)C3)cc1. The van der Waals surface area contributed by atoms with Crippen molar-refractivity contribution in [1.82, 2.24) is 0 Å². The fourth-order valence-corrected chi connectivity index (χ4v) is 7.64. The van der Waals surface area contributed by atoms with Gasteiger partial charge in [0.05, 0.1) is 16.6 Å². The summed E-state index contributed by atoms with van der Waals surface area (Å²) < 4.78 is 0. The largest absolute Gasteiger partial charge is 0.510 e. The van der Waals surface area contributed by atoms with Crippen molar-refractivity contribution in [2.45, 2.75) is 80.1 Å². The molecule has 0 aliphatic heterocycles. The van der Waals surface area contributed by atoms with Crippen molar-refractivity contribution in [3.63, 3.8) is 0 Å². The van der Waals surface area contributed by atoms with Gasteiger partial charge in [0.15, 0.2) is 17.3 Å². The number of benzene rings is 2. The minimum absolute atomic E-state index is 0.0559. The number of hydrogen-bond acceptors (Lipinski definition) is 6. The van der Waals surface area contributed by atoms with E-state index >= 15 is 0 Å². The van der Waals surface area contributed by atoms with E-state index in [1.165, 1.54) is 12.5 Å². The van der Waals surface area contributed by atoms with E-state index < -0.39 is 39.4 Å². The van der Waals surface area contributed by atoms with E-state index in [4.69, 9.17) is 0 Å². The van der Waals surface area contributed by atoms with Gasteiger partial charge in [0.2, 0.25) is 0 Å². The molecule has 40 heavy (non-hydrogen) atoms. The Bertz CT molecular complexity index is 1560. The molecule has 0 saturated heterocycles. The van der Waals surface area contributed by atoms with Gasteiger partial charge < -0.3 is 15.3 Å². The maximum atomic E-state index is 14.5. The van der Waals surface area contributed by atoms with Gasteiger partial charge in [-0.15, -0.1) is 0 Å². The maximum Gasteiger partial charge on any atom is 0.177 e. The molecule has 0 spiro atoms. The van der Waals surface area contributed by atoms with Crippen LogP contribution in [0.3, 0.4) is 0 Å². The van der Waals surface area contributed by atoms with Gasteiger partial charge >= 0.3 is 0 Å². The number of phenols is 1. The quantitative estimate of drug-likeness (QED) is 0.361. The van der Waals surface area contributed by atoms with Crippen molar-refractivity contribution < 1.29 is 29.7 Å². The molecule has 6 nitrogen and oxygen atoms in total. The number of fused-ring (bicyclic) bond motifs is 3. The fourth-order valence-electron chi connectivity index (χ4n) is 7.64. The maximum absolute atomic E-state index is 14.5. The molecular weight excluding hydrogens is 504 g/mol. The normalized spacial score (nSPS) is 28.0. The Morgan fingerprint density at radius 3 is 2.17 bits per heavy atom. The molecule has 5 rings (SSSR count). The van der Waals surface area contributed by atoms with E-state index in [-0.39, 0.29) is 40.6 Å². The number of aryl methyl sites for hydroxylation is 1. The number of rotatable bonds is 4. The summed E-state index contributed by atoms with van der Waals surface area (Å²) in [6.45, 7) is 12.7. The number of aromatic hydroxyl groups is 1. The van der Waals surface area contributed by atoms with Crippen LogP contribution in [0.4, 0.5) is 0 Å². The van der Waals surface area contributed by atoms with Crippen molar-refractivity contribution in [3.05, 3.63) is 69.5 Å². The van der Waals surface area contributed by atoms with E-state index in [1.54, 1.807) is 6.92 Å². The summed E-state index contributed by atoms with van der Waals surface area (Å²) in [4.78, 5) is 39.8. The Morgan fingerprint density at radius 1 is 1.00 bits per heavy atom. The summed E-state index contributed by atoms with van der Waals surface area (Å²) in [7, 11) is 0. The summed E-state index contributed by atoms with van der Waals surface area (Å²) in [6.07, 6.45) is 1.55. The Kier molecular flexibility index (Phi) is 6.22. The van der Waals surface area contributed by atoms with Crippen molar-refractivity contribution in [1.29, 1.82) is 0 Å². The minimum Gasteiger partial charge on any atom is -0.510 e. The lowest BCUT2D eigenvalue weighted by atomic mass is 9.43. The van der Waals surface area contributed by atoms with Gasteiger partial charge in [0.1, 0.15) is 17.3 Å². The second-order valence-corrected chi connectivity index (χ2v) is 13.0. The van der Waals surface area contributed by atoms with Crippen LogP contribution in [0, 0.1) is 16.2 Å². The molecule has 3 aliphatic rings. The molecule has 0 radical (unpaired) electrons. The van der Waals surface area contributed by atoms with Gasteiger partial charge in [0.25, 0.3) is 0 Å². The highest BCUT2D eigenvalue weighted by Crippen LogP contribution is 2.66.